The first-order valence-electron chi connectivity index (χ1n) is 5.55. The van der Waals surface area contributed by atoms with E-state index in [9.17, 15) is 0 Å². The monoisotopic (exact) mass is 270 g/mol. The van der Waals surface area contributed by atoms with Gasteiger partial charge in [0.15, 0.2) is 3.95 Å². The van der Waals surface area contributed by atoms with Crippen LogP contribution in [-0.2, 0) is 0 Å². The Morgan fingerprint density at radius 1 is 0.889 bits per heavy atom. The first kappa shape index (κ1) is 11.3. The summed E-state index contributed by atoms with van der Waals surface area (Å²) < 4.78 is 2.57. The first-order chi connectivity index (χ1) is 8.84. The number of benzene rings is 2. The van der Waals surface area contributed by atoms with Crippen LogP contribution in [0.5, 0.6) is 0 Å². The molecule has 0 radical (unpaired) electrons. The van der Waals surface area contributed by atoms with Crippen molar-refractivity contribution >= 4 is 23.6 Å². The SMILES string of the molecule is S=c1sc(-c2ccccc2)nn1-c1ccccc1. The molecule has 0 saturated carbocycles. The summed E-state index contributed by atoms with van der Waals surface area (Å²) in [6.45, 7) is 0. The van der Waals surface area contributed by atoms with Gasteiger partial charge in [0.1, 0.15) is 5.01 Å². The molecule has 88 valence electrons. The molecule has 0 spiro atoms. The van der Waals surface area contributed by atoms with Crippen molar-refractivity contribution < 1.29 is 0 Å². The van der Waals surface area contributed by atoms with Gasteiger partial charge in [-0.3, -0.25) is 0 Å². The minimum Gasteiger partial charge on any atom is -0.211 e. The average molecular weight is 270 g/mol. The molecule has 0 fully saturated rings. The van der Waals surface area contributed by atoms with E-state index in [1.54, 1.807) is 0 Å². The van der Waals surface area contributed by atoms with Crippen LogP contribution in [0.1, 0.15) is 0 Å². The van der Waals surface area contributed by atoms with Gasteiger partial charge in [0.25, 0.3) is 0 Å². The van der Waals surface area contributed by atoms with Crippen molar-refractivity contribution in [2.75, 3.05) is 0 Å². The molecular formula is C14H10N2S2. The molecule has 0 N–H and O–H groups in total. The highest BCUT2D eigenvalue weighted by molar-refractivity contribution is 7.73. The van der Waals surface area contributed by atoms with E-state index in [2.05, 4.69) is 5.10 Å². The highest BCUT2D eigenvalue weighted by atomic mass is 32.1. The van der Waals surface area contributed by atoms with Crippen LogP contribution in [0.25, 0.3) is 16.3 Å². The van der Waals surface area contributed by atoms with Gasteiger partial charge in [0.2, 0.25) is 0 Å². The Morgan fingerprint density at radius 3 is 2.17 bits per heavy atom. The van der Waals surface area contributed by atoms with Gasteiger partial charge in [-0.2, -0.15) is 5.10 Å². The molecule has 0 amide bonds. The van der Waals surface area contributed by atoms with Crippen LogP contribution in [0, 0.1) is 3.95 Å². The predicted octanol–water partition coefficient (Wildman–Crippen LogP) is 4.33. The van der Waals surface area contributed by atoms with Gasteiger partial charge < -0.3 is 0 Å². The van der Waals surface area contributed by atoms with E-state index >= 15 is 0 Å². The molecule has 0 aliphatic rings. The molecule has 0 aliphatic heterocycles. The second-order valence-electron chi connectivity index (χ2n) is 3.79. The van der Waals surface area contributed by atoms with Gasteiger partial charge in [-0.15, -0.1) is 0 Å². The van der Waals surface area contributed by atoms with Crippen LogP contribution >= 0.6 is 23.6 Å². The minimum atomic E-state index is 0.764. The summed E-state index contributed by atoms with van der Waals surface area (Å²) in [5.41, 5.74) is 2.10. The van der Waals surface area contributed by atoms with Crippen molar-refractivity contribution in [3.63, 3.8) is 0 Å². The van der Waals surface area contributed by atoms with Crippen LogP contribution in [-0.4, -0.2) is 9.78 Å². The maximum atomic E-state index is 5.37. The zero-order valence-corrected chi connectivity index (χ0v) is 11.1. The van der Waals surface area contributed by atoms with E-state index in [1.165, 1.54) is 11.3 Å². The van der Waals surface area contributed by atoms with E-state index < -0.39 is 0 Å². The Hall–Kier alpha value is -1.78. The minimum absolute atomic E-state index is 0.764. The van der Waals surface area contributed by atoms with E-state index in [0.717, 1.165) is 20.2 Å². The fourth-order valence-electron chi connectivity index (χ4n) is 1.71. The number of hydrogen-bond acceptors (Lipinski definition) is 3. The summed E-state index contributed by atoms with van der Waals surface area (Å²) in [4.78, 5) is 0. The largest absolute Gasteiger partial charge is 0.211 e. The van der Waals surface area contributed by atoms with E-state index in [0.29, 0.717) is 0 Å². The highest BCUT2D eigenvalue weighted by Crippen LogP contribution is 2.24. The Balaban J connectivity index is 2.10. The normalized spacial score (nSPS) is 10.4. The van der Waals surface area contributed by atoms with Gasteiger partial charge in [-0.25, -0.2) is 4.68 Å². The number of nitrogens with zero attached hydrogens (tertiary/aromatic N) is 2. The summed E-state index contributed by atoms with van der Waals surface area (Å²) >= 11 is 6.90. The summed E-state index contributed by atoms with van der Waals surface area (Å²) in [6.07, 6.45) is 0. The Morgan fingerprint density at radius 2 is 1.50 bits per heavy atom. The topological polar surface area (TPSA) is 17.8 Å². The molecule has 0 saturated heterocycles. The fourth-order valence-corrected chi connectivity index (χ4v) is 2.87. The Kier molecular flexibility index (Phi) is 3.04. The molecule has 1 aromatic heterocycles. The number of hydrogen-bond donors (Lipinski definition) is 0. The fraction of sp³-hybridized carbons (Fsp3) is 0. The van der Waals surface area contributed by atoms with Crippen LogP contribution in [0.2, 0.25) is 0 Å². The summed E-state index contributed by atoms with van der Waals surface area (Å²) in [6, 6.07) is 20.1. The second-order valence-corrected chi connectivity index (χ2v) is 5.41. The van der Waals surface area contributed by atoms with E-state index in [4.69, 9.17) is 12.2 Å². The van der Waals surface area contributed by atoms with Crippen molar-refractivity contribution in [3.05, 3.63) is 64.6 Å². The third kappa shape index (κ3) is 2.12. The molecule has 3 aromatic rings. The van der Waals surface area contributed by atoms with Crippen LogP contribution in [0.3, 0.4) is 0 Å². The second kappa shape index (κ2) is 4.84. The molecule has 4 heteroatoms. The van der Waals surface area contributed by atoms with Gasteiger partial charge in [0, 0.05) is 5.56 Å². The van der Waals surface area contributed by atoms with Crippen molar-refractivity contribution in [1.82, 2.24) is 9.78 Å². The van der Waals surface area contributed by atoms with Crippen LogP contribution < -0.4 is 0 Å². The molecule has 0 atom stereocenters. The lowest BCUT2D eigenvalue weighted by atomic mass is 10.2. The van der Waals surface area contributed by atoms with Crippen molar-refractivity contribution in [3.8, 4) is 16.3 Å². The summed E-state index contributed by atoms with van der Waals surface area (Å²) in [7, 11) is 0. The molecule has 2 nitrogen and oxygen atoms in total. The zero-order valence-electron chi connectivity index (χ0n) is 9.48. The zero-order chi connectivity index (χ0) is 12.4. The predicted molar refractivity (Wildman–Crippen MR) is 77.7 cm³/mol. The third-order valence-electron chi connectivity index (χ3n) is 2.57. The summed E-state index contributed by atoms with van der Waals surface area (Å²) in [5.74, 6) is 0. The molecule has 3 rings (SSSR count). The third-order valence-corrected chi connectivity index (χ3v) is 3.85. The lowest BCUT2D eigenvalue weighted by molar-refractivity contribution is 0.874. The average Bonchev–Trinajstić information content (AvgIpc) is 2.83. The van der Waals surface area contributed by atoms with E-state index in [-0.39, 0.29) is 0 Å². The lowest BCUT2D eigenvalue weighted by Crippen LogP contribution is -1.95. The number of aromatic nitrogens is 2. The molecule has 2 aromatic carbocycles. The lowest BCUT2D eigenvalue weighted by Gasteiger charge is -1.99. The van der Waals surface area contributed by atoms with Gasteiger partial charge in [-0.1, -0.05) is 59.9 Å². The molecular weight excluding hydrogens is 260 g/mol. The van der Waals surface area contributed by atoms with Gasteiger partial charge in [0.05, 0.1) is 5.69 Å². The quantitative estimate of drug-likeness (QED) is 0.645. The molecule has 0 aliphatic carbocycles. The molecule has 0 unspecified atom stereocenters. The Bertz CT molecular complexity index is 699. The maximum absolute atomic E-state index is 5.37. The van der Waals surface area contributed by atoms with Crippen molar-refractivity contribution in [1.29, 1.82) is 0 Å². The molecule has 18 heavy (non-hydrogen) atoms. The van der Waals surface area contributed by atoms with Gasteiger partial charge >= 0.3 is 0 Å². The maximum Gasteiger partial charge on any atom is 0.184 e. The Labute approximate surface area is 114 Å². The van der Waals surface area contributed by atoms with E-state index in [1.807, 2.05) is 65.3 Å². The molecule has 1 heterocycles. The van der Waals surface area contributed by atoms with Gasteiger partial charge in [-0.05, 0) is 24.4 Å². The molecule has 0 bridgehead atoms. The summed E-state index contributed by atoms with van der Waals surface area (Å²) in [5, 5.41) is 5.53. The first-order valence-corrected chi connectivity index (χ1v) is 6.78. The van der Waals surface area contributed by atoms with Crippen LogP contribution in [0.15, 0.2) is 60.7 Å². The van der Waals surface area contributed by atoms with Crippen molar-refractivity contribution in [2.24, 2.45) is 0 Å². The standard InChI is InChI=1S/C14H10N2S2/c17-14-16(12-9-5-2-6-10-12)15-13(18-14)11-7-3-1-4-8-11/h1-10H. The number of rotatable bonds is 2. The highest BCUT2D eigenvalue weighted by Gasteiger charge is 2.06. The van der Waals surface area contributed by atoms with Crippen LogP contribution in [0.4, 0.5) is 0 Å². The smallest absolute Gasteiger partial charge is 0.184 e. The number of para-hydroxylation sites is 1. The van der Waals surface area contributed by atoms with Crippen molar-refractivity contribution in [2.45, 2.75) is 0 Å².